The van der Waals surface area contributed by atoms with Gasteiger partial charge >= 0.3 is 0 Å². The molecule has 1 aromatic carbocycles. The number of ketones is 1. The van der Waals surface area contributed by atoms with Crippen LogP contribution in [0.25, 0.3) is 0 Å². The second-order valence-electron chi connectivity index (χ2n) is 6.82. The summed E-state index contributed by atoms with van der Waals surface area (Å²) in [7, 11) is 0. The standard InChI is InChI=1S/C20H22ClN3O2/c21-16-3-1-14(2-4-16)18(25)15-5-9-20(13-22,10-6-15)19(26)24-17-7-11-23-12-8-17/h1-4,7-8,11-12,15H,5-6,9-10,13,22H2,(H,23,24,26). The van der Waals surface area contributed by atoms with E-state index in [0.29, 0.717) is 42.0 Å². The minimum atomic E-state index is -0.625. The van der Waals surface area contributed by atoms with Gasteiger partial charge in [-0.2, -0.15) is 0 Å². The number of aromatic nitrogens is 1. The second-order valence-corrected chi connectivity index (χ2v) is 7.26. The van der Waals surface area contributed by atoms with Gasteiger partial charge in [-0.1, -0.05) is 11.6 Å². The van der Waals surface area contributed by atoms with Gasteiger partial charge < -0.3 is 11.1 Å². The van der Waals surface area contributed by atoms with Crippen molar-refractivity contribution in [2.45, 2.75) is 25.7 Å². The molecule has 3 rings (SSSR count). The summed E-state index contributed by atoms with van der Waals surface area (Å²) in [6, 6.07) is 10.5. The molecule has 1 saturated carbocycles. The summed E-state index contributed by atoms with van der Waals surface area (Å²) in [5.41, 5.74) is 6.72. The van der Waals surface area contributed by atoms with Crippen molar-refractivity contribution in [2.24, 2.45) is 17.1 Å². The molecule has 0 saturated heterocycles. The van der Waals surface area contributed by atoms with Crippen LogP contribution in [0, 0.1) is 11.3 Å². The van der Waals surface area contributed by atoms with Crippen molar-refractivity contribution in [3.05, 3.63) is 59.4 Å². The molecule has 1 aliphatic carbocycles. The Morgan fingerprint density at radius 2 is 1.73 bits per heavy atom. The van der Waals surface area contributed by atoms with Gasteiger partial charge in [0.05, 0.1) is 5.41 Å². The maximum Gasteiger partial charge on any atom is 0.231 e. The first-order valence-corrected chi connectivity index (χ1v) is 9.13. The first-order chi connectivity index (χ1) is 12.5. The molecular formula is C20H22ClN3O2. The van der Waals surface area contributed by atoms with Crippen LogP contribution < -0.4 is 11.1 Å². The number of carbonyl (C=O) groups excluding carboxylic acids is 2. The fraction of sp³-hybridized carbons (Fsp3) is 0.350. The number of rotatable bonds is 5. The minimum Gasteiger partial charge on any atom is -0.329 e. The fourth-order valence-electron chi connectivity index (χ4n) is 3.51. The summed E-state index contributed by atoms with van der Waals surface area (Å²) < 4.78 is 0. The lowest BCUT2D eigenvalue weighted by molar-refractivity contribution is -0.127. The molecule has 6 heteroatoms. The van der Waals surface area contributed by atoms with Crippen LogP contribution in [0.5, 0.6) is 0 Å². The summed E-state index contributed by atoms with van der Waals surface area (Å²) in [5, 5.41) is 3.54. The number of nitrogens with two attached hydrogens (primary N) is 1. The molecular weight excluding hydrogens is 350 g/mol. The molecule has 26 heavy (non-hydrogen) atoms. The van der Waals surface area contributed by atoms with Crippen LogP contribution in [-0.4, -0.2) is 23.2 Å². The molecule has 1 amide bonds. The normalized spacial score (nSPS) is 22.6. The number of Topliss-reactive ketones (excluding diaryl/α,β-unsaturated/α-hetero) is 1. The number of nitrogens with zero attached hydrogens (tertiary/aromatic N) is 1. The van der Waals surface area contributed by atoms with Gasteiger partial charge in [0.1, 0.15) is 0 Å². The van der Waals surface area contributed by atoms with Crippen LogP contribution >= 0.6 is 11.6 Å². The lowest BCUT2D eigenvalue weighted by atomic mass is 9.68. The summed E-state index contributed by atoms with van der Waals surface area (Å²) in [4.78, 5) is 29.4. The van der Waals surface area contributed by atoms with Crippen LogP contribution in [0.2, 0.25) is 5.02 Å². The average molecular weight is 372 g/mol. The Labute approximate surface area is 158 Å². The Morgan fingerprint density at radius 1 is 1.12 bits per heavy atom. The third-order valence-electron chi connectivity index (χ3n) is 5.25. The van der Waals surface area contributed by atoms with E-state index >= 15 is 0 Å². The molecule has 0 atom stereocenters. The van der Waals surface area contributed by atoms with Gasteiger partial charge in [0.15, 0.2) is 5.78 Å². The average Bonchev–Trinajstić information content (AvgIpc) is 2.69. The molecule has 1 heterocycles. The van der Waals surface area contributed by atoms with Crippen LogP contribution in [0.3, 0.4) is 0 Å². The van der Waals surface area contributed by atoms with E-state index in [4.69, 9.17) is 17.3 Å². The third-order valence-corrected chi connectivity index (χ3v) is 5.50. The Morgan fingerprint density at radius 3 is 2.31 bits per heavy atom. The molecule has 0 radical (unpaired) electrons. The van der Waals surface area contributed by atoms with Gasteiger partial charge in [-0.3, -0.25) is 14.6 Å². The van der Waals surface area contributed by atoms with Crippen LogP contribution in [0.1, 0.15) is 36.0 Å². The first-order valence-electron chi connectivity index (χ1n) is 8.75. The number of hydrogen-bond acceptors (Lipinski definition) is 4. The van der Waals surface area contributed by atoms with E-state index in [1.54, 1.807) is 48.8 Å². The minimum absolute atomic E-state index is 0.0791. The molecule has 136 valence electrons. The van der Waals surface area contributed by atoms with Crippen molar-refractivity contribution < 1.29 is 9.59 Å². The number of amides is 1. The van der Waals surface area contributed by atoms with Crippen molar-refractivity contribution >= 4 is 29.0 Å². The molecule has 3 N–H and O–H groups in total. The van der Waals surface area contributed by atoms with Crippen LogP contribution in [0.15, 0.2) is 48.8 Å². The topological polar surface area (TPSA) is 85.1 Å². The monoisotopic (exact) mass is 371 g/mol. The number of benzene rings is 1. The maximum absolute atomic E-state index is 12.8. The summed E-state index contributed by atoms with van der Waals surface area (Å²) in [5.74, 6) is -0.0463. The molecule has 1 aromatic heterocycles. The van der Waals surface area contributed by atoms with Crippen LogP contribution in [-0.2, 0) is 4.79 Å². The zero-order valence-corrected chi connectivity index (χ0v) is 15.2. The smallest absolute Gasteiger partial charge is 0.231 e. The highest BCUT2D eigenvalue weighted by atomic mass is 35.5. The Hall–Kier alpha value is -2.24. The number of pyridine rings is 1. The van der Waals surface area contributed by atoms with Gasteiger partial charge in [0.25, 0.3) is 0 Å². The zero-order chi connectivity index (χ0) is 18.6. The van der Waals surface area contributed by atoms with Gasteiger partial charge in [-0.25, -0.2) is 0 Å². The molecule has 0 aliphatic heterocycles. The van der Waals surface area contributed by atoms with Crippen molar-refractivity contribution in [3.8, 4) is 0 Å². The highest BCUT2D eigenvalue weighted by Crippen LogP contribution is 2.40. The van der Waals surface area contributed by atoms with E-state index in [2.05, 4.69) is 10.3 Å². The SMILES string of the molecule is NCC1(C(=O)Nc2ccncc2)CCC(C(=O)c2ccc(Cl)cc2)CC1. The molecule has 0 spiro atoms. The van der Waals surface area contributed by atoms with E-state index < -0.39 is 5.41 Å². The number of anilines is 1. The predicted octanol–water partition coefficient (Wildman–Crippen LogP) is 3.69. The summed E-state index contributed by atoms with van der Waals surface area (Å²) in [6.07, 6.45) is 5.78. The lowest BCUT2D eigenvalue weighted by Crippen LogP contribution is -2.45. The number of hydrogen-bond donors (Lipinski definition) is 2. The number of nitrogens with one attached hydrogen (secondary N) is 1. The first kappa shape index (κ1) is 18.5. The van der Waals surface area contributed by atoms with E-state index in [9.17, 15) is 9.59 Å². The second kappa shape index (κ2) is 7.98. The van der Waals surface area contributed by atoms with Crippen molar-refractivity contribution in [3.63, 3.8) is 0 Å². The van der Waals surface area contributed by atoms with Crippen molar-refractivity contribution in [1.29, 1.82) is 0 Å². The fourth-order valence-corrected chi connectivity index (χ4v) is 3.63. The van der Waals surface area contributed by atoms with E-state index in [0.717, 1.165) is 0 Å². The molecule has 0 unspecified atom stereocenters. The number of halogens is 1. The predicted molar refractivity (Wildman–Crippen MR) is 102 cm³/mol. The zero-order valence-electron chi connectivity index (χ0n) is 14.5. The van der Waals surface area contributed by atoms with Gasteiger partial charge in [0, 0.05) is 41.1 Å². The van der Waals surface area contributed by atoms with Crippen LogP contribution in [0.4, 0.5) is 5.69 Å². The quantitative estimate of drug-likeness (QED) is 0.785. The van der Waals surface area contributed by atoms with E-state index in [1.165, 1.54) is 0 Å². The Bertz CT molecular complexity index is 769. The van der Waals surface area contributed by atoms with Gasteiger partial charge in [-0.05, 0) is 62.1 Å². The molecule has 5 nitrogen and oxygen atoms in total. The maximum atomic E-state index is 12.8. The highest BCUT2D eigenvalue weighted by Gasteiger charge is 2.42. The molecule has 0 bridgehead atoms. The lowest BCUT2D eigenvalue weighted by Gasteiger charge is -2.37. The Balaban J connectivity index is 1.65. The molecule has 1 aliphatic rings. The summed E-state index contributed by atoms with van der Waals surface area (Å²) >= 11 is 5.89. The largest absolute Gasteiger partial charge is 0.329 e. The molecule has 2 aromatic rings. The van der Waals surface area contributed by atoms with E-state index in [-0.39, 0.29) is 24.2 Å². The van der Waals surface area contributed by atoms with Crippen molar-refractivity contribution in [1.82, 2.24) is 4.98 Å². The van der Waals surface area contributed by atoms with E-state index in [1.807, 2.05) is 0 Å². The highest BCUT2D eigenvalue weighted by molar-refractivity contribution is 6.30. The molecule has 1 fully saturated rings. The number of carbonyl (C=O) groups is 2. The Kier molecular flexibility index (Phi) is 5.69. The van der Waals surface area contributed by atoms with Crippen molar-refractivity contribution in [2.75, 3.05) is 11.9 Å². The summed E-state index contributed by atoms with van der Waals surface area (Å²) in [6.45, 7) is 0.270. The van der Waals surface area contributed by atoms with Gasteiger partial charge in [-0.15, -0.1) is 0 Å². The van der Waals surface area contributed by atoms with Gasteiger partial charge in [0.2, 0.25) is 5.91 Å². The third kappa shape index (κ3) is 3.94.